The quantitative estimate of drug-likeness (QED) is 0.760. The Kier molecular flexibility index (Phi) is 5.23. The summed E-state index contributed by atoms with van der Waals surface area (Å²) in [5.74, 6) is 1.36. The first-order valence-electron chi connectivity index (χ1n) is 10.9. The molecule has 6 nitrogen and oxygen atoms in total. The largest absolute Gasteiger partial charge is 0.368 e. The molecule has 2 saturated heterocycles. The van der Waals surface area contributed by atoms with Gasteiger partial charge in [0.2, 0.25) is 5.91 Å². The number of aryl methyl sites for hydroxylation is 1. The second-order valence-electron chi connectivity index (χ2n) is 8.82. The van der Waals surface area contributed by atoms with Gasteiger partial charge >= 0.3 is 0 Å². The number of carbonyl (C=O) groups is 2. The van der Waals surface area contributed by atoms with Crippen LogP contribution < -0.4 is 4.90 Å². The molecule has 2 aromatic rings. The van der Waals surface area contributed by atoms with Gasteiger partial charge in [0.25, 0.3) is 5.91 Å². The van der Waals surface area contributed by atoms with E-state index in [4.69, 9.17) is 0 Å². The fourth-order valence-corrected chi connectivity index (χ4v) is 5.79. The normalized spacial score (nSPS) is 26.2. The second-order valence-corrected chi connectivity index (χ2v) is 9.71. The molecule has 1 saturated carbocycles. The van der Waals surface area contributed by atoms with Gasteiger partial charge in [-0.1, -0.05) is 17.7 Å². The van der Waals surface area contributed by atoms with Crippen LogP contribution in [0.5, 0.6) is 0 Å². The van der Waals surface area contributed by atoms with Gasteiger partial charge in [-0.15, -0.1) is 11.3 Å². The Balaban J connectivity index is 1.17. The van der Waals surface area contributed by atoms with Crippen molar-refractivity contribution in [2.45, 2.75) is 19.8 Å². The third-order valence-corrected chi connectivity index (χ3v) is 7.88. The Morgan fingerprint density at radius 1 is 1.03 bits per heavy atom. The third kappa shape index (κ3) is 3.60. The molecule has 3 fully saturated rings. The number of piperazine rings is 1. The first kappa shape index (κ1) is 19.5. The maximum atomic E-state index is 13.2. The van der Waals surface area contributed by atoms with E-state index in [0.29, 0.717) is 29.2 Å². The monoisotopic (exact) mass is 424 g/mol. The molecule has 3 atom stereocenters. The van der Waals surface area contributed by atoms with Crippen molar-refractivity contribution in [2.75, 3.05) is 44.2 Å². The molecule has 1 aromatic heterocycles. The summed E-state index contributed by atoms with van der Waals surface area (Å²) < 4.78 is 0. The molecule has 0 unspecified atom stereocenters. The summed E-state index contributed by atoms with van der Waals surface area (Å²) in [4.78, 5) is 37.0. The molecule has 5 rings (SSSR count). The molecule has 2 amide bonds. The summed E-state index contributed by atoms with van der Waals surface area (Å²) in [6.07, 6.45) is 3.65. The Morgan fingerprint density at radius 2 is 1.80 bits per heavy atom. The average molecular weight is 425 g/mol. The van der Waals surface area contributed by atoms with E-state index in [1.54, 1.807) is 11.7 Å². The number of benzene rings is 1. The molecule has 0 bridgehead atoms. The number of hydrogen-bond acceptors (Lipinski definition) is 5. The van der Waals surface area contributed by atoms with Crippen molar-refractivity contribution in [3.63, 3.8) is 0 Å². The molecule has 30 heavy (non-hydrogen) atoms. The van der Waals surface area contributed by atoms with Crippen molar-refractivity contribution in [3.05, 3.63) is 46.4 Å². The fourth-order valence-electron chi connectivity index (χ4n) is 5.20. The highest BCUT2D eigenvalue weighted by Crippen LogP contribution is 2.46. The van der Waals surface area contributed by atoms with Crippen LogP contribution in [0.15, 0.2) is 36.0 Å². The van der Waals surface area contributed by atoms with Crippen LogP contribution in [0.4, 0.5) is 5.69 Å². The van der Waals surface area contributed by atoms with Crippen molar-refractivity contribution >= 4 is 28.8 Å². The van der Waals surface area contributed by atoms with Crippen LogP contribution in [0, 0.1) is 24.7 Å². The lowest BCUT2D eigenvalue weighted by atomic mass is 9.61. The van der Waals surface area contributed by atoms with E-state index < -0.39 is 0 Å². The first-order chi connectivity index (χ1) is 14.6. The zero-order chi connectivity index (χ0) is 20.7. The van der Waals surface area contributed by atoms with Crippen LogP contribution in [-0.2, 0) is 4.79 Å². The molecular formula is C23H28N4O2S. The zero-order valence-corrected chi connectivity index (χ0v) is 18.2. The number of piperidine rings is 1. The van der Waals surface area contributed by atoms with E-state index in [1.165, 1.54) is 22.6 Å². The highest BCUT2D eigenvalue weighted by molar-refractivity contribution is 7.11. The number of nitrogens with zero attached hydrogens (tertiary/aromatic N) is 4. The lowest BCUT2D eigenvalue weighted by molar-refractivity contribution is -0.147. The van der Waals surface area contributed by atoms with Crippen LogP contribution in [0.3, 0.4) is 0 Å². The summed E-state index contributed by atoms with van der Waals surface area (Å²) in [7, 11) is 0. The Hall–Kier alpha value is -2.41. The number of amides is 2. The standard InChI is InChI=1S/C23H28N4O2S/c1-16-2-4-18(5-3-16)25-8-10-26(11-9-25)22(28)19-12-17-6-7-27(14-20(17)19)23(29)21-13-24-15-30-21/h2-5,13,15,17,19-20H,6-12,14H2,1H3/t17-,19-,20-/m1/s1. The van der Waals surface area contributed by atoms with Gasteiger partial charge in [-0.2, -0.15) is 0 Å². The van der Waals surface area contributed by atoms with Gasteiger partial charge in [0.05, 0.1) is 11.7 Å². The summed E-state index contributed by atoms with van der Waals surface area (Å²) in [6, 6.07) is 8.62. The van der Waals surface area contributed by atoms with Crippen LogP contribution in [-0.4, -0.2) is 65.9 Å². The lowest BCUT2D eigenvalue weighted by Gasteiger charge is -2.51. The number of aromatic nitrogens is 1. The van der Waals surface area contributed by atoms with Crippen LogP contribution in [0.1, 0.15) is 28.1 Å². The molecule has 7 heteroatoms. The predicted molar refractivity (Wildman–Crippen MR) is 118 cm³/mol. The molecular weight excluding hydrogens is 396 g/mol. The van der Waals surface area contributed by atoms with Crippen molar-refractivity contribution in [1.29, 1.82) is 0 Å². The van der Waals surface area contributed by atoms with Gasteiger partial charge < -0.3 is 14.7 Å². The molecule has 0 N–H and O–H groups in total. The van der Waals surface area contributed by atoms with Crippen molar-refractivity contribution in [2.24, 2.45) is 17.8 Å². The van der Waals surface area contributed by atoms with Crippen LogP contribution in [0.2, 0.25) is 0 Å². The fraction of sp³-hybridized carbons (Fsp3) is 0.522. The average Bonchev–Trinajstić information content (AvgIpc) is 3.30. The first-order valence-corrected chi connectivity index (χ1v) is 11.8. The predicted octanol–water partition coefficient (Wildman–Crippen LogP) is 2.90. The minimum absolute atomic E-state index is 0.0701. The second kappa shape index (κ2) is 8.02. The number of thiazole rings is 1. The minimum Gasteiger partial charge on any atom is -0.368 e. The van der Waals surface area contributed by atoms with E-state index in [1.807, 2.05) is 4.90 Å². The Morgan fingerprint density at radius 3 is 2.50 bits per heavy atom. The number of fused-ring (bicyclic) bond motifs is 1. The molecule has 1 aliphatic carbocycles. The van der Waals surface area contributed by atoms with Gasteiger partial charge in [0.15, 0.2) is 0 Å². The van der Waals surface area contributed by atoms with E-state index in [-0.39, 0.29) is 11.8 Å². The molecule has 158 valence electrons. The molecule has 2 aliphatic heterocycles. The van der Waals surface area contributed by atoms with Gasteiger partial charge in [-0.05, 0) is 43.7 Å². The maximum absolute atomic E-state index is 13.2. The zero-order valence-electron chi connectivity index (χ0n) is 17.4. The summed E-state index contributed by atoms with van der Waals surface area (Å²) in [5, 5.41) is 0. The number of carbonyl (C=O) groups excluding carboxylic acids is 2. The summed E-state index contributed by atoms with van der Waals surface area (Å²) in [6.45, 7) is 6.93. The molecule has 1 aromatic carbocycles. The minimum atomic E-state index is 0.0701. The number of anilines is 1. The highest BCUT2D eigenvalue weighted by atomic mass is 32.1. The molecule has 0 spiro atoms. The van der Waals surface area contributed by atoms with Gasteiger partial charge in [0.1, 0.15) is 4.88 Å². The molecule has 3 heterocycles. The molecule has 3 aliphatic rings. The van der Waals surface area contributed by atoms with E-state index in [2.05, 4.69) is 46.0 Å². The van der Waals surface area contributed by atoms with Crippen molar-refractivity contribution in [1.82, 2.24) is 14.8 Å². The highest BCUT2D eigenvalue weighted by Gasteiger charge is 2.49. The van der Waals surface area contributed by atoms with E-state index in [9.17, 15) is 9.59 Å². The third-order valence-electron chi connectivity index (χ3n) is 7.12. The van der Waals surface area contributed by atoms with E-state index >= 15 is 0 Å². The van der Waals surface area contributed by atoms with Crippen molar-refractivity contribution < 1.29 is 9.59 Å². The Labute approximate surface area is 181 Å². The smallest absolute Gasteiger partial charge is 0.265 e. The Bertz CT molecular complexity index is 906. The van der Waals surface area contributed by atoms with Crippen molar-refractivity contribution in [3.8, 4) is 0 Å². The number of hydrogen-bond donors (Lipinski definition) is 0. The maximum Gasteiger partial charge on any atom is 0.265 e. The summed E-state index contributed by atoms with van der Waals surface area (Å²) >= 11 is 1.39. The van der Waals surface area contributed by atoms with Crippen LogP contribution in [0.25, 0.3) is 0 Å². The SMILES string of the molecule is Cc1ccc(N2CCN(C(=O)[C@@H]3C[C@H]4CCN(C(=O)c5cncs5)C[C@H]43)CC2)cc1. The topological polar surface area (TPSA) is 56.8 Å². The number of likely N-dealkylation sites (tertiary alicyclic amines) is 1. The van der Waals surface area contributed by atoms with Gasteiger partial charge in [0, 0.05) is 50.9 Å². The van der Waals surface area contributed by atoms with E-state index in [0.717, 1.165) is 45.6 Å². The van der Waals surface area contributed by atoms with Crippen LogP contribution >= 0.6 is 11.3 Å². The summed E-state index contributed by atoms with van der Waals surface area (Å²) in [5.41, 5.74) is 4.20. The lowest BCUT2D eigenvalue weighted by Crippen LogP contribution is -2.58. The molecule has 0 radical (unpaired) electrons. The van der Waals surface area contributed by atoms with Gasteiger partial charge in [-0.3, -0.25) is 14.6 Å². The number of rotatable bonds is 3. The van der Waals surface area contributed by atoms with Gasteiger partial charge in [-0.25, -0.2) is 0 Å².